The molecule has 0 bridgehead atoms. The first-order valence-corrected chi connectivity index (χ1v) is 7.32. The van der Waals surface area contributed by atoms with Crippen molar-refractivity contribution in [2.45, 2.75) is 52.0 Å². The van der Waals surface area contributed by atoms with E-state index in [2.05, 4.69) is 42.8 Å². The Morgan fingerprint density at radius 3 is 2.50 bits per heavy atom. The van der Waals surface area contributed by atoms with E-state index < -0.39 is 0 Å². The number of nitrogens with zero attached hydrogens (tertiary/aromatic N) is 2. The fourth-order valence-corrected chi connectivity index (χ4v) is 3.36. The standard InChI is InChI=1S/C15H27N3/c1-5-12-6-8-13(9-7-12)15(16-3)14-10-17-11(2)18(14)4/h10,12-13,15-16H,5-9H2,1-4H3. The van der Waals surface area contributed by atoms with Gasteiger partial charge in [-0.05, 0) is 38.6 Å². The van der Waals surface area contributed by atoms with Crippen molar-refractivity contribution in [3.05, 3.63) is 17.7 Å². The summed E-state index contributed by atoms with van der Waals surface area (Å²) in [7, 11) is 4.21. The number of aromatic nitrogens is 2. The smallest absolute Gasteiger partial charge is 0.105 e. The lowest BCUT2D eigenvalue weighted by atomic mass is 9.77. The van der Waals surface area contributed by atoms with Crippen molar-refractivity contribution in [1.29, 1.82) is 0 Å². The number of aryl methyl sites for hydroxylation is 1. The van der Waals surface area contributed by atoms with E-state index in [0.29, 0.717) is 6.04 Å². The van der Waals surface area contributed by atoms with Crippen LogP contribution in [0.15, 0.2) is 6.20 Å². The molecule has 0 spiro atoms. The molecule has 1 saturated carbocycles. The van der Waals surface area contributed by atoms with Gasteiger partial charge in [-0.1, -0.05) is 26.2 Å². The molecule has 3 heteroatoms. The second kappa shape index (κ2) is 5.87. The molecule has 1 aliphatic rings. The van der Waals surface area contributed by atoms with Gasteiger partial charge in [0.15, 0.2) is 0 Å². The second-order valence-corrected chi connectivity index (χ2v) is 5.74. The summed E-state index contributed by atoms with van der Waals surface area (Å²) in [5.41, 5.74) is 1.34. The van der Waals surface area contributed by atoms with Crippen molar-refractivity contribution in [1.82, 2.24) is 14.9 Å². The van der Waals surface area contributed by atoms with Crippen LogP contribution in [0.1, 0.15) is 56.6 Å². The summed E-state index contributed by atoms with van der Waals surface area (Å²) in [4.78, 5) is 4.43. The van der Waals surface area contributed by atoms with Crippen LogP contribution in [0.25, 0.3) is 0 Å². The van der Waals surface area contributed by atoms with Crippen molar-refractivity contribution < 1.29 is 0 Å². The molecule has 1 heterocycles. The Kier molecular flexibility index (Phi) is 4.44. The van der Waals surface area contributed by atoms with Crippen LogP contribution < -0.4 is 5.32 Å². The number of hydrogen-bond acceptors (Lipinski definition) is 2. The number of rotatable bonds is 4. The molecule has 0 saturated heterocycles. The molecule has 2 rings (SSSR count). The molecule has 1 unspecified atom stereocenters. The zero-order valence-electron chi connectivity index (χ0n) is 12.2. The Morgan fingerprint density at radius 2 is 2.06 bits per heavy atom. The Morgan fingerprint density at radius 1 is 1.39 bits per heavy atom. The summed E-state index contributed by atoms with van der Waals surface area (Å²) < 4.78 is 2.23. The van der Waals surface area contributed by atoms with Crippen molar-refractivity contribution in [3.8, 4) is 0 Å². The Balaban J connectivity index is 2.08. The Bertz CT molecular complexity index is 375. The summed E-state index contributed by atoms with van der Waals surface area (Å²) in [6.07, 6.45) is 8.90. The third kappa shape index (κ3) is 2.61. The lowest BCUT2D eigenvalue weighted by molar-refractivity contribution is 0.220. The van der Waals surface area contributed by atoms with Crippen LogP contribution in [0, 0.1) is 18.8 Å². The molecule has 1 aliphatic carbocycles. The predicted octanol–water partition coefficient (Wildman–Crippen LogP) is 3.21. The van der Waals surface area contributed by atoms with E-state index in [1.807, 2.05) is 6.20 Å². The van der Waals surface area contributed by atoms with Crippen LogP contribution in [0.3, 0.4) is 0 Å². The fourth-order valence-electron chi connectivity index (χ4n) is 3.36. The predicted molar refractivity (Wildman–Crippen MR) is 75.5 cm³/mol. The van der Waals surface area contributed by atoms with Crippen LogP contribution in [-0.2, 0) is 7.05 Å². The van der Waals surface area contributed by atoms with E-state index in [9.17, 15) is 0 Å². The van der Waals surface area contributed by atoms with E-state index in [0.717, 1.165) is 17.7 Å². The highest BCUT2D eigenvalue weighted by Crippen LogP contribution is 2.37. The monoisotopic (exact) mass is 249 g/mol. The maximum absolute atomic E-state index is 4.43. The molecule has 1 fully saturated rings. The zero-order valence-corrected chi connectivity index (χ0v) is 12.2. The second-order valence-electron chi connectivity index (χ2n) is 5.74. The topological polar surface area (TPSA) is 29.9 Å². The molecular weight excluding hydrogens is 222 g/mol. The first-order valence-electron chi connectivity index (χ1n) is 7.32. The van der Waals surface area contributed by atoms with Crippen LogP contribution >= 0.6 is 0 Å². The van der Waals surface area contributed by atoms with Crippen LogP contribution in [0.4, 0.5) is 0 Å². The van der Waals surface area contributed by atoms with Gasteiger partial charge in [0.1, 0.15) is 5.82 Å². The highest BCUT2D eigenvalue weighted by atomic mass is 15.1. The molecule has 1 aromatic rings. The number of nitrogens with one attached hydrogen (secondary N) is 1. The summed E-state index contributed by atoms with van der Waals surface area (Å²) >= 11 is 0. The van der Waals surface area contributed by atoms with Gasteiger partial charge in [0.05, 0.1) is 17.9 Å². The molecule has 1 aromatic heterocycles. The average molecular weight is 249 g/mol. The largest absolute Gasteiger partial charge is 0.334 e. The minimum Gasteiger partial charge on any atom is -0.334 e. The van der Waals surface area contributed by atoms with E-state index in [1.54, 1.807) is 0 Å². The normalized spacial score (nSPS) is 26.2. The fraction of sp³-hybridized carbons (Fsp3) is 0.800. The average Bonchev–Trinajstić information content (AvgIpc) is 2.73. The SMILES string of the molecule is CCC1CCC(C(NC)c2cnc(C)n2C)CC1. The van der Waals surface area contributed by atoms with Crippen molar-refractivity contribution in [2.75, 3.05) is 7.05 Å². The van der Waals surface area contributed by atoms with E-state index >= 15 is 0 Å². The van der Waals surface area contributed by atoms with Crippen LogP contribution in [0.5, 0.6) is 0 Å². The summed E-state index contributed by atoms with van der Waals surface area (Å²) in [6.45, 7) is 4.40. The number of imidazole rings is 1. The molecule has 1 N–H and O–H groups in total. The molecule has 0 amide bonds. The highest BCUT2D eigenvalue weighted by molar-refractivity contribution is 5.10. The Hall–Kier alpha value is -0.830. The maximum Gasteiger partial charge on any atom is 0.105 e. The van der Waals surface area contributed by atoms with Crippen LogP contribution in [-0.4, -0.2) is 16.6 Å². The summed E-state index contributed by atoms with van der Waals surface area (Å²) in [5, 5.41) is 3.51. The minimum absolute atomic E-state index is 0.467. The van der Waals surface area contributed by atoms with E-state index in [-0.39, 0.29) is 0 Å². The first-order chi connectivity index (χ1) is 8.67. The third-order valence-electron chi connectivity index (χ3n) is 4.83. The maximum atomic E-state index is 4.43. The van der Waals surface area contributed by atoms with Gasteiger partial charge in [0.25, 0.3) is 0 Å². The summed E-state index contributed by atoms with van der Waals surface area (Å²) in [6, 6.07) is 0.467. The lowest BCUT2D eigenvalue weighted by Crippen LogP contribution is -2.30. The Labute approximate surface area is 111 Å². The highest BCUT2D eigenvalue weighted by Gasteiger charge is 2.28. The van der Waals surface area contributed by atoms with Gasteiger partial charge in [-0.25, -0.2) is 4.98 Å². The van der Waals surface area contributed by atoms with Crippen molar-refractivity contribution >= 4 is 0 Å². The van der Waals surface area contributed by atoms with E-state index in [1.165, 1.54) is 37.8 Å². The van der Waals surface area contributed by atoms with Gasteiger partial charge in [-0.2, -0.15) is 0 Å². The van der Waals surface area contributed by atoms with Gasteiger partial charge in [0, 0.05) is 7.05 Å². The molecule has 0 aromatic carbocycles. The van der Waals surface area contributed by atoms with Gasteiger partial charge in [-0.15, -0.1) is 0 Å². The van der Waals surface area contributed by atoms with Gasteiger partial charge < -0.3 is 9.88 Å². The molecule has 0 aliphatic heterocycles. The molecule has 18 heavy (non-hydrogen) atoms. The van der Waals surface area contributed by atoms with Crippen LogP contribution in [0.2, 0.25) is 0 Å². The molecule has 0 radical (unpaired) electrons. The first kappa shape index (κ1) is 13.6. The van der Waals surface area contributed by atoms with Crippen molar-refractivity contribution in [3.63, 3.8) is 0 Å². The zero-order chi connectivity index (χ0) is 13.1. The van der Waals surface area contributed by atoms with Gasteiger partial charge in [0.2, 0.25) is 0 Å². The summed E-state index contributed by atoms with van der Waals surface area (Å²) in [5.74, 6) is 2.84. The lowest BCUT2D eigenvalue weighted by Gasteiger charge is -2.33. The third-order valence-corrected chi connectivity index (χ3v) is 4.83. The molecule has 102 valence electrons. The van der Waals surface area contributed by atoms with E-state index in [4.69, 9.17) is 0 Å². The van der Waals surface area contributed by atoms with Gasteiger partial charge >= 0.3 is 0 Å². The van der Waals surface area contributed by atoms with Crippen molar-refractivity contribution in [2.24, 2.45) is 18.9 Å². The number of hydrogen-bond donors (Lipinski definition) is 1. The minimum atomic E-state index is 0.467. The molecule has 1 atom stereocenters. The molecule has 3 nitrogen and oxygen atoms in total. The molecular formula is C15H27N3. The van der Waals surface area contributed by atoms with Gasteiger partial charge in [-0.3, -0.25) is 0 Å². The quantitative estimate of drug-likeness (QED) is 0.888.